The summed E-state index contributed by atoms with van der Waals surface area (Å²) in [6.45, 7) is 3.84. The first kappa shape index (κ1) is 6.57. The fourth-order valence-electron chi connectivity index (χ4n) is 0.310. The molecule has 0 aliphatic rings. The average molecular weight is 99.2 g/mol. The molecular formula is C6H11O+. The molecule has 0 aromatic rings. The van der Waals surface area contributed by atoms with E-state index >= 15 is 0 Å². The first-order chi connectivity index (χ1) is 3.41. The van der Waals surface area contributed by atoms with Crippen LogP contribution in [0.25, 0.3) is 0 Å². The molecule has 1 N–H and O–H groups in total. The molecule has 0 aliphatic heterocycles. The van der Waals surface area contributed by atoms with Crippen LogP contribution in [0.5, 0.6) is 0 Å². The molecule has 0 saturated carbocycles. The Bertz CT molecular complexity index is 48.1. The minimum Gasteiger partial charge on any atom is -0.396 e. The number of hydrogen-bond donors (Lipinski definition) is 1. The quantitative estimate of drug-likeness (QED) is 0.415. The van der Waals surface area contributed by atoms with E-state index in [9.17, 15) is 0 Å². The van der Waals surface area contributed by atoms with Crippen LogP contribution in [0.4, 0.5) is 0 Å². The van der Waals surface area contributed by atoms with E-state index in [-0.39, 0.29) is 6.61 Å². The van der Waals surface area contributed by atoms with Crippen LogP contribution in [0.3, 0.4) is 0 Å². The summed E-state index contributed by atoms with van der Waals surface area (Å²) in [5, 5.41) is 8.22. The Morgan fingerprint density at radius 3 is 2.57 bits per heavy atom. The molecule has 0 heterocycles. The van der Waals surface area contributed by atoms with Gasteiger partial charge in [-0.15, -0.1) is 0 Å². The van der Waals surface area contributed by atoms with Crippen LogP contribution in [0.15, 0.2) is 12.2 Å². The van der Waals surface area contributed by atoms with Gasteiger partial charge in [0, 0.05) is 6.61 Å². The molecule has 7 heavy (non-hydrogen) atoms. The molecule has 0 bridgehead atoms. The van der Waals surface area contributed by atoms with Gasteiger partial charge in [-0.1, -0.05) is 6.08 Å². The van der Waals surface area contributed by atoms with Gasteiger partial charge in [0.1, 0.15) is 6.42 Å². The summed E-state index contributed by atoms with van der Waals surface area (Å²) < 4.78 is 0. The molecule has 0 atom stereocenters. The number of aliphatic hydroxyl groups is 1. The van der Waals surface area contributed by atoms with Gasteiger partial charge in [-0.3, -0.25) is 0 Å². The second-order valence-electron chi connectivity index (χ2n) is 1.27. The number of rotatable bonds is 3. The van der Waals surface area contributed by atoms with E-state index in [1.54, 1.807) is 0 Å². The predicted molar refractivity (Wildman–Crippen MR) is 30.8 cm³/mol. The van der Waals surface area contributed by atoms with Gasteiger partial charge in [0.15, 0.2) is 0 Å². The van der Waals surface area contributed by atoms with Crippen molar-refractivity contribution in [3.05, 3.63) is 19.1 Å². The SMILES string of the molecule is [CH2+]C/C=C/CCO. The maximum absolute atomic E-state index is 8.22. The lowest BCUT2D eigenvalue weighted by atomic mass is 10.3. The highest BCUT2D eigenvalue weighted by atomic mass is 16.2. The van der Waals surface area contributed by atoms with E-state index < -0.39 is 0 Å². The van der Waals surface area contributed by atoms with Crippen molar-refractivity contribution >= 4 is 0 Å². The molecular weight excluding hydrogens is 88.1 g/mol. The molecule has 0 radical (unpaired) electrons. The Kier molecular flexibility index (Phi) is 5.23. The van der Waals surface area contributed by atoms with Crippen molar-refractivity contribution in [3.63, 3.8) is 0 Å². The number of hydrogen-bond acceptors (Lipinski definition) is 1. The lowest BCUT2D eigenvalue weighted by Gasteiger charge is -1.77. The van der Waals surface area contributed by atoms with Crippen LogP contribution in [0.2, 0.25) is 0 Å². The average Bonchev–Trinajstić information content (AvgIpc) is 1.69. The lowest BCUT2D eigenvalue weighted by Crippen LogP contribution is -1.73. The van der Waals surface area contributed by atoms with Crippen LogP contribution < -0.4 is 0 Å². The van der Waals surface area contributed by atoms with E-state index in [1.807, 2.05) is 12.2 Å². The summed E-state index contributed by atoms with van der Waals surface area (Å²) in [6.07, 6.45) is 5.44. The molecule has 1 heteroatoms. The standard InChI is InChI=1S/C6H11O/c1-2-3-4-5-6-7/h3-4,7H,1-2,5-6H2/q+1/b4-3+. The van der Waals surface area contributed by atoms with Gasteiger partial charge in [0.2, 0.25) is 0 Å². The Morgan fingerprint density at radius 2 is 2.14 bits per heavy atom. The van der Waals surface area contributed by atoms with Gasteiger partial charge in [0.05, 0.1) is 6.92 Å². The van der Waals surface area contributed by atoms with Crippen molar-refractivity contribution in [2.24, 2.45) is 0 Å². The summed E-state index contributed by atoms with van der Waals surface area (Å²) in [5.74, 6) is 0. The highest BCUT2D eigenvalue weighted by Gasteiger charge is 1.72. The van der Waals surface area contributed by atoms with Crippen molar-refractivity contribution in [2.45, 2.75) is 12.8 Å². The minimum atomic E-state index is 0.247. The Balaban J connectivity index is 2.78. The molecule has 0 aromatic carbocycles. The topological polar surface area (TPSA) is 20.2 Å². The molecule has 0 spiro atoms. The second kappa shape index (κ2) is 5.57. The highest BCUT2D eigenvalue weighted by Crippen LogP contribution is 1.82. The van der Waals surface area contributed by atoms with Crippen molar-refractivity contribution < 1.29 is 5.11 Å². The fraction of sp³-hybridized carbons (Fsp3) is 0.500. The zero-order valence-corrected chi connectivity index (χ0v) is 4.43. The molecule has 0 rings (SSSR count). The molecule has 0 saturated heterocycles. The van der Waals surface area contributed by atoms with E-state index in [0.29, 0.717) is 0 Å². The normalized spacial score (nSPS) is 10.4. The maximum atomic E-state index is 8.22. The van der Waals surface area contributed by atoms with Crippen molar-refractivity contribution in [1.29, 1.82) is 0 Å². The molecule has 0 amide bonds. The first-order valence-corrected chi connectivity index (χ1v) is 2.47. The van der Waals surface area contributed by atoms with E-state index in [4.69, 9.17) is 5.11 Å². The molecule has 0 aromatic heterocycles. The zero-order chi connectivity index (χ0) is 5.54. The molecule has 0 unspecified atom stereocenters. The number of allylic oxidation sites excluding steroid dienone is 1. The van der Waals surface area contributed by atoms with Gasteiger partial charge in [0.25, 0.3) is 0 Å². The van der Waals surface area contributed by atoms with E-state index in [1.165, 1.54) is 0 Å². The van der Waals surface area contributed by atoms with Gasteiger partial charge in [-0.05, 0) is 12.5 Å². The van der Waals surface area contributed by atoms with Gasteiger partial charge in [-0.2, -0.15) is 0 Å². The van der Waals surface area contributed by atoms with Gasteiger partial charge >= 0.3 is 0 Å². The highest BCUT2D eigenvalue weighted by molar-refractivity contribution is 4.81. The van der Waals surface area contributed by atoms with Crippen molar-refractivity contribution in [1.82, 2.24) is 0 Å². The van der Waals surface area contributed by atoms with Crippen LogP contribution >= 0.6 is 0 Å². The molecule has 0 aliphatic carbocycles. The van der Waals surface area contributed by atoms with Crippen molar-refractivity contribution in [2.75, 3.05) is 6.61 Å². The third kappa shape index (κ3) is 5.57. The maximum Gasteiger partial charge on any atom is 0.103 e. The van der Waals surface area contributed by atoms with Crippen LogP contribution in [-0.4, -0.2) is 11.7 Å². The van der Waals surface area contributed by atoms with Gasteiger partial charge in [-0.25, -0.2) is 0 Å². The van der Waals surface area contributed by atoms with Gasteiger partial charge < -0.3 is 5.11 Å². The summed E-state index contributed by atoms with van der Waals surface area (Å²) >= 11 is 0. The van der Waals surface area contributed by atoms with E-state index in [2.05, 4.69) is 6.92 Å². The molecule has 40 valence electrons. The summed E-state index contributed by atoms with van der Waals surface area (Å²) in [5.41, 5.74) is 0. The van der Waals surface area contributed by atoms with Crippen LogP contribution in [-0.2, 0) is 0 Å². The zero-order valence-electron chi connectivity index (χ0n) is 4.43. The molecule has 0 fully saturated rings. The monoisotopic (exact) mass is 99.1 g/mol. The lowest BCUT2D eigenvalue weighted by molar-refractivity contribution is 0.302. The largest absolute Gasteiger partial charge is 0.396 e. The minimum absolute atomic E-state index is 0.247. The summed E-state index contributed by atoms with van der Waals surface area (Å²) in [4.78, 5) is 0. The Hall–Kier alpha value is -0.430. The first-order valence-electron chi connectivity index (χ1n) is 2.47. The third-order valence-corrected chi connectivity index (χ3v) is 0.629. The second-order valence-corrected chi connectivity index (χ2v) is 1.27. The van der Waals surface area contributed by atoms with E-state index in [0.717, 1.165) is 12.8 Å². The number of aliphatic hydroxyl groups excluding tert-OH is 1. The fourth-order valence-corrected chi connectivity index (χ4v) is 0.310. The molecule has 1 nitrogen and oxygen atoms in total. The summed E-state index contributed by atoms with van der Waals surface area (Å²) in [6, 6.07) is 0. The van der Waals surface area contributed by atoms with Crippen LogP contribution in [0.1, 0.15) is 12.8 Å². The summed E-state index contributed by atoms with van der Waals surface area (Å²) in [7, 11) is 0. The smallest absolute Gasteiger partial charge is 0.103 e. The van der Waals surface area contributed by atoms with Crippen LogP contribution in [0, 0.1) is 6.92 Å². The Labute approximate surface area is 44.7 Å². The Morgan fingerprint density at radius 1 is 1.43 bits per heavy atom. The van der Waals surface area contributed by atoms with Crippen molar-refractivity contribution in [3.8, 4) is 0 Å². The third-order valence-electron chi connectivity index (χ3n) is 0.629. The predicted octanol–water partition coefficient (Wildman–Crippen LogP) is 1.15.